The van der Waals surface area contributed by atoms with Crippen molar-refractivity contribution in [3.63, 3.8) is 0 Å². The van der Waals surface area contributed by atoms with Gasteiger partial charge in [-0.15, -0.1) is 0 Å². The number of benzene rings is 1. The highest BCUT2D eigenvalue weighted by molar-refractivity contribution is 6.33. The molecule has 0 aromatic heterocycles. The van der Waals surface area contributed by atoms with Crippen LogP contribution in [0.2, 0.25) is 5.02 Å². The maximum atomic E-state index is 9.07. The van der Waals surface area contributed by atoms with Crippen molar-refractivity contribution in [1.82, 2.24) is 0 Å². The average molecular weight is 254 g/mol. The number of anilines is 1. The van der Waals surface area contributed by atoms with Crippen molar-refractivity contribution >= 4 is 17.3 Å². The second-order valence-corrected chi connectivity index (χ2v) is 5.54. The normalized spacial score (nSPS) is 25.1. The second-order valence-electron chi connectivity index (χ2n) is 5.13. The highest BCUT2D eigenvalue weighted by atomic mass is 35.5. The van der Waals surface area contributed by atoms with Crippen molar-refractivity contribution < 1.29 is 5.11 Å². The molecule has 2 nitrogen and oxygen atoms in total. The summed E-state index contributed by atoms with van der Waals surface area (Å²) in [5, 5.41) is 9.82. The standard InChI is InChI=1S/C14H20ClNO/c1-10-5-6-16(8-11(10)2)14-4-3-12(9-17)7-13(14)15/h3-4,7,10-11,17H,5-6,8-9H2,1-2H3. The van der Waals surface area contributed by atoms with Gasteiger partial charge in [0.25, 0.3) is 0 Å². The summed E-state index contributed by atoms with van der Waals surface area (Å²) in [4.78, 5) is 2.36. The summed E-state index contributed by atoms with van der Waals surface area (Å²) in [6.45, 7) is 6.81. The molecule has 1 heterocycles. The van der Waals surface area contributed by atoms with E-state index in [-0.39, 0.29) is 6.61 Å². The van der Waals surface area contributed by atoms with Crippen LogP contribution in [0.1, 0.15) is 25.8 Å². The minimum absolute atomic E-state index is 0.0490. The fourth-order valence-electron chi connectivity index (χ4n) is 2.39. The number of hydrogen-bond acceptors (Lipinski definition) is 2. The molecule has 2 unspecified atom stereocenters. The molecule has 94 valence electrons. The van der Waals surface area contributed by atoms with Crippen molar-refractivity contribution in [3.05, 3.63) is 28.8 Å². The summed E-state index contributed by atoms with van der Waals surface area (Å²) in [7, 11) is 0. The van der Waals surface area contributed by atoms with Gasteiger partial charge >= 0.3 is 0 Å². The molecule has 0 radical (unpaired) electrons. The van der Waals surface area contributed by atoms with Gasteiger partial charge in [0.05, 0.1) is 17.3 Å². The molecular formula is C14H20ClNO. The van der Waals surface area contributed by atoms with E-state index < -0.39 is 0 Å². The van der Waals surface area contributed by atoms with E-state index in [0.29, 0.717) is 5.92 Å². The van der Waals surface area contributed by atoms with Gasteiger partial charge in [-0.05, 0) is 36.0 Å². The van der Waals surface area contributed by atoms with Crippen LogP contribution in [0.3, 0.4) is 0 Å². The molecule has 1 aliphatic heterocycles. The Morgan fingerprint density at radius 2 is 2.12 bits per heavy atom. The molecule has 0 saturated carbocycles. The van der Waals surface area contributed by atoms with Gasteiger partial charge in [-0.2, -0.15) is 0 Å². The summed E-state index contributed by atoms with van der Waals surface area (Å²) in [5.41, 5.74) is 1.97. The maximum Gasteiger partial charge on any atom is 0.0682 e. The number of rotatable bonds is 2. The number of piperidine rings is 1. The molecule has 0 amide bonds. The van der Waals surface area contributed by atoms with Crippen molar-refractivity contribution in [1.29, 1.82) is 0 Å². The summed E-state index contributed by atoms with van der Waals surface area (Å²) >= 11 is 6.27. The van der Waals surface area contributed by atoms with Crippen LogP contribution >= 0.6 is 11.6 Å². The zero-order chi connectivity index (χ0) is 12.4. The Morgan fingerprint density at radius 1 is 1.35 bits per heavy atom. The highest BCUT2D eigenvalue weighted by Crippen LogP contribution is 2.32. The largest absolute Gasteiger partial charge is 0.392 e. The topological polar surface area (TPSA) is 23.5 Å². The fraction of sp³-hybridized carbons (Fsp3) is 0.571. The molecule has 0 bridgehead atoms. The highest BCUT2D eigenvalue weighted by Gasteiger charge is 2.23. The monoisotopic (exact) mass is 253 g/mol. The molecule has 2 atom stereocenters. The Bertz CT molecular complexity index is 394. The minimum atomic E-state index is 0.0490. The van der Waals surface area contributed by atoms with Crippen molar-refractivity contribution in [2.75, 3.05) is 18.0 Å². The van der Waals surface area contributed by atoms with Crippen LogP contribution in [0.4, 0.5) is 5.69 Å². The average Bonchev–Trinajstić information content (AvgIpc) is 2.32. The first-order valence-corrected chi connectivity index (χ1v) is 6.64. The minimum Gasteiger partial charge on any atom is -0.392 e. The van der Waals surface area contributed by atoms with Crippen LogP contribution in [0.15, 0.2) is 18.2 Å². The van der Waals surface area contributed by atoms with Crippen LogP contribution in [0.25, 0.3) is 0 Å². The summed E-state index contributed by atoms with van der Waals surface area (Å²) in [5.74, 6) is 1.50. The van der Waals surface area contributed by atoms with E-state index in [1.807, 2.05) is 18.2 Å². The Balaban J connectivity index is 2.17. The molecule has 1 N–H and O–H groups in total. The van der Waals surface area contributed by atoms with Crippen molar-refractivity contribution in [3.8, 4) is 0 Å². The Hall–Kier alpha value is -0.730. The fourth-order valence-corrected chi connectivity index (χ4v) is 2.71. The molecule has 1 saturated heterocycles. The van der Waals surface area contributed by atoms with Gasteiger partial charge in [-0.25, -0.2) is 0 Å². The van der Waals surface area contributed by atoms with Crippen molar-refractivity contribution in [2.24, 2.45) is 11.8 Å². The van der Waals surface area contributed by atoms with E-state index in [4.69, 9.17) is 16.7 Å². The zero-order valence-electron chi connectivity index (χ0n) is 10.5. The van der Waals surface area contributed by atoms with Gasteiger partial charge in [0.2, 0.25) is 0 Å². The molecule has 1 aromatic carbocycles. The molecule has 2 rings (SSSR count). The predicted octanol–water partition coefficient (Wildman–Crippen LogP) is 3.31. The second kappa shape index (κ2) is 5.28. The van der Waals surface area contributed by atoms with E-state index in [0.717, 1.165) is 35.3 Å². The number of halogens is 1. The first-order valence-electron chi connectivity index (χ1n) is 6.26. The third-order valence-electron chi connectivity index (χ3n) is 3.87. The molecule has 1 fully saturated rings. The lowest BCUT2D eigenvalue weighted by Gasteiger charge is -2.37. The van der Waals surface area contributed by atoms with E-state index in [1.165, 1.54) is 6.42 Å². The third kappa shape index (κ3) is 2.75. The van der Waals surface area contributed by atoms with Gasteiger partial charge in [0.1, 0.15) is 0 Å². The zero-order valence-corrected chi connectivity index (χ0v) is 11.2. The third-order valence-corrected chi connectivity index (χ3v) is 4.17. The lowest BCUT2D eigenvalue weighted by molar-refractivity contribution is 0.282. The molecule has 17 heavy (non-hydrogen) atoms. The van der Waals surface area contributed by atoms with Gasteiger partial charge < -0.3 is 10.0 Å². The molecule has 1 aliphatic rings. The van der Waals surface area contributed by atoms with Crippen LogP contribution in [0.5, 0.6) is 0 Å². The van der Waals surface area contributed by atoms with E-state index in [1.54, 1.807) is 0 Å². The number of aliphatic hydroxyl groups excluding tert-OH is 1. The number of hydrogen-bond donors (Lipinski definition) is 1. The number of nitrogens with zero attached hydrogens (tertiary/aromatic N) is 1. The molecule has 0 aliphatic carbocycles. The van der Waals surface area contributed by atoms with Crippen molar-refractivity contribution in [2.45, 2.75) is 26.9 Å². The first-order chi connectivity index (χ1) is 8.11. The van der Waals surface area contributed by atoms with Crippen LogP contribution in [0, 0.1) is 11.8 Å². The van der Waals surface area contributed by atoms with Gasteiger partial charge in [0, 0.05) is 13.1 Å². The predicted molar refractivity (Wildman–Crippen MR) is 72.5 cm³/mol. The summed E-state index contributed by atoms with van der Waals surface area (Å²) < 4.78 is 0. The van der Waals surface area contributed by atoms with E-state index in [2.05, 4.69) is 18.7 Å². The molecular weight excluding hydrogens is 234 g/mol. The molecule has 0 spiro atoms. The molecule has 1 aromatic rings. The Morgan fingerprint density at radius 3 is 2.71 bits per heavy atom. The Kier molecular flexibility index (Phi) is 3.95. The summed E-state index contributed by atoms with van der Waals surface area (Å²) in [6.07, 6.45) is 1.22. The molecule has 3 heteroatoms. The summed E-state index contributed by atoms with van der Waals surface area (Å²) in [6, 6.07) is 5.83. The van der Waals surface area contributed by atoms with Gasteiger partial charge in [0.15, 0.2) is 0 Å². The van der Waals surface area contributed by atoms with E-state index >= 15 is 0 Å². The van der Waals surface area contributed by atoms with E-state index in [9.17, 15) is 0 Å². The van der Waals surface area contributed by atoms with Crippen LogP contribution < -0.4 is 4.90 Å². The SMILES string of the molecule is CC1CCN(c2ccc(CO)cc2Cl)CC1C. The smallest absolute Gasteiger partial charge is 0.0682 e. The lowest BCUT2D eigenvalue weighted by Crippen LogP contribution is -2.38. The lowest BCUT2D eigenvalue weighted by atomic mass is 9.88. The van der Waals surface area contributed by atoms with Gasteiger partial charge in [-0.1, -0.05) is 31.5 Å². The quantitative estimate of drug-likeness (QED) is 0.874. The number of aliphatic hydroxyl groups is 1. The van der Waals surface area contributed by atoms with Crippen LogP contribution in [-0.2, 0) is 6.61 Å². The first kappa shape index (κ1) is 12.7. The maximum absolute atomic E-state index is 9.07. The Labute approximate surface area is 108 Å². The van der Waals surface area contributed by atoms with Crippen LogP contribution in [-0.4, -0.2) is 18.2 Å². The van der Waals surface area contributed by atoms with Gasteiger partial charge in [-0.3, -0.25) is 0 Å².